The van der Waals surface area contributed by atoms with Crippen LogP contribution in [0.5, 0.6) is 0 Å². The number of hydrogen-bond acceptors (Lipinski definition) is 3. The van der Waals surface area contributed by atoms with E-state index in [2.05, 4.69) is 31.1 Å². The topological polar surface area (TPSA) is 51.2 Å². The van der Waals surface area contributed by atoms with Crippen LogP contribution >= 0.6 is 0 Å². The minimum atomic E-state index is -0.473. The smallest absolute Gasteiger partial charge is 0.407 e. The summed E-state index contributed by atoms with van der Waals surface area (Å²) in [6, 6.07) is 3.91. The van der Waals surface area contributed by atoms with E-state index in [0.717, 1.165) is 11.3 Å². The molecule has 1 aromatic rings. The van der Waals surface area contributed by atoms with E-state index >= 15 is 0 Å². The standard InChI is InChI=1S/C15H24N2O2/c1-14(2,3)12-9-11(7-8-16-12)10-17-13(18)19-15(4,5)6/h7-9H,10H2,1-6H3,(H,17,18). The van der Waals surface area contributed by atoms with Crippen LogP contribution in [0.1, 0.15) is 52.8 Å². The zero-order chi connectivity index (χ0) is 14.7. The first-order valence-corrected chi connectivity index (χ1v) is 6.50. The normalized spacial score (nSPS) is 12.1. The number of alkyl carbamates (subject to hydrolysis) is 1. The van der Waals surface area contributed by atoms with Crippen LogP contribution in [-0.4, -0.2) is 16.7 Å². The van der Waals surface area contributed by atoms with Gasteiger partial charge in [0.2, 0.25) is 0 Å². The number of hydrogen-bond donors (Lipinski definition) is 1. The summed E-state index contributed by atoms with van der Waals surface area (Å²) in [6.07, 6.45) is 1.37. The molecule has 0 aliphatic carbocycles. The van der Waals surface area contributed by atoms with Crippen LogP contribution in [0.2, 0.25) is 0 Å². The van der Waals surface area contributed by atoms with Gasteiger partial charge in [0.05, 0.1) is 0 Å². The van der Waals surface area contributed by atoms with Crippen LogP contribution in [0.4, 0.5) is 4.79 Å². The van der Waals surface area contributed by atoms with E-state index in [1.165, 1.54) is 0 Å². The van der Waals surface area contributed by atoms with E-state index in [1.54, 1.807) is 6.20 Å². The van der Waals surface area contributed by atoms with Crippen molar-refractivity contribution in [2.45, 2.75) is 59.1 Å². The third-order valence-electron chi connectivity index (χ3n) is 2.43. The number of aromatic nitrogens is 1. The highest BCUT2D eigenvalue weighted by atomic mass is 16.6. The number of amides is 1. The van der Waals surface area contributed by atoms with Crippen LogP contribution < -0.4 is 5.32 Å². The predicted octanol–water partition coefficient (Wildman–Crippen LogP) is 3.40. The van der Waals surface area contributed by atoms with Crippen molar-refractivity contribution in [2.24, 2.45) is 0 Å². The molecule has 0 atom stereocenters. The fourth-order valence-electron chi connectivity index (χ4n) is 1.48. The highest BCUT2D eigenvalue weighted by molar-refractivity contribution is 5.67. The van der Waals surface area contributed by atoms with Gasteiger partial charge in [0.15, 0.2) is 0 Å². The Bertz CT molecular complexity index is 442. The Morgan fingerprint density at radius 3 is 2.42 bits per heavy atom. The minimum absolute atomic E-state index is 0.00191. The van der Waals surface area contributed by atoms with Gasteiger partial charge in [-0.05, 0) is 38.5 Å². The summed E-state index contributed by atoms with van der Waals surface area (Å²) in [7, 11) is 0. The van der Waals surface area contributed by atoms with Crippen molar-refractivity contribution in [3.05, 3.63) is 29.6 Å². The molecular formula is C15H24N2O2. The maximum atomic E-state index is 11.6. The van der Waals surface area contributed by atoms with Gasteiger partial charge in [-0.1, -0.05) is 20.8 Å². The number of carbonyl (C=O) groups is 1. The summed E-state index contributed by atoms with van der Waals surface area (Å²) >= 11 is 0. The fourth-order valence-corrected chi connectivity index (χ4v) is 1.48. The number of rotatable bonds is 2. The van der Waals surface area contributed by atoms with Gasteiger partial charge in [0.1, 0.15) is 5.60 Å². The average Bonchev–Trinajstić information content (AvgIpc) is 2.23. The van der Waals surface area contributed by atoms with Gasteiger partial charge in [0, 0.05) is 23.9 Å². The van der Waals surface area contributed by atoms with E-state index < -0.39 is 11.7 Å². The lowest BCUT2D eigenvalue weighted by Crippen LogP contribution is -2.32. The molecule has 106 valence electrons. The Labute approximate surface area is 115 Å². The zero-order valence-corrected chi connectivity index (χ0v) is 12.7. The highest BCUT2D eigenvalue weighted by Gasteiger charge is 2.17. The first-order valence-electron chi connectivity index (χ1n) is 6.50. The van der Waals surface area contributed by atoms with Crippen molar-refractivity contribution in [3.63, 3.8) is 0 Å². The second-order valence-electron chi connectivity index (χ2n) is 6.65. The first kappa shape index (κ1) is 15.5. The molecule has 19 heavy (non-hydrogen) atoms. The Morgan fingerprint density at radius 2 is 1.89 bits per heavy atom. The summed E-state index contributed by atoms with van der Waals surface area (Å²) in [5.74, 6) is 0. The average molecular weight is 264 g/mol. The molecule has 1 N–H and O–H groups in total. The summed E-state index contributed by atoms with van der Waals surface area (Å²) < 4.78 is 5.19. The Hall–Kier alpha value is -1.58. The van der Waals surface area contributed by atoms with Crippen molar-refractivity contribution in [3.8, 4) is 0 Å². The maximum absolute atomic E-state index is 11.6. The molecule has 0 aliphatic rings. The monoisotopic (exact) mass is 264 g/mol. The molecule has 1 amide bonds. The SMILES string of the molecule is CC(C)(C)OC(=O)NCc1ccnc(C(C)(C)C)c1. The molecule has 0 saturated heterocycles. The lowest BCUT2D eigenvalue weighted by molar-refractivity contribution is 0.0523. The molecule has 0 radical (unpaired) electrons. The van der Waals surface area contributed by atoms with Gasteiger partial charge in [-0.3, -0.25) is 4.98 Å². The minimum Gasteiger partial charge on any atom is -0.444 e. The van der Waals surface area contributed by atoms with E-state index in [9.17, 15) is 4.79 Å². The van der Waals surface area contributed by atoms with Crippen molar-refractivity contribution in [1.82, 2.24) is 10.3 Å². The van der Waals surface area contributed by atoms with Crippen molar-refractivity contribution in [1.29, 1.82) is 0 Å². The number of nitrogens with zero attached hydrogens (tertiary/aromatic N) is 1. The summed E-state index contributed by atoms with van der Waals surface area (Å²) in [4.78, 5) is 15.9. The molecule has 0 unspecified atom stereocenters. The van der Waals surface area contributed by atoms with Gasteiger partial charge >= 0.3 is 6.09 Å². The van der Waals surface area contributed by atoms with Crippen LogP contribution in [0.15, 0.2) is 18.3 Å². The predicted molar refractivity (Wildman–Crippen MR) is 76.0 cm³/mol. The Balaban J connectivity index is 2.62. The van der Waals surface area contributed by atoms with E-state index in [1.807, 2.05) is 32.9 Å². The molecular weight excluding hydrogens is 240 g/mol. The highest BCUT2D eigenvalue weighted by Crippen LogP contribution is 2.20. The molecule has 0 bridgehead atoms. The van der Waals surface area contributed by atoms with Gasteiger partial charge in [-0.2, -0.15) is 0 Å². The summed E-state index contributed by atoms with van der Waals surface area (Å²) in [5, 5.41) is 2.75. The van der Waals surface area contributed by atoms with Crippen molar-refractivity contribution >= 4 is 6.09 Å². The summed E-state index contributed by atoms with van der Waals surface area (Å²) in [5.41, 5.74) is 1.56. The molecule has 0 aliphatic heterocycles. The zero-order valence-electron chi connectivity index (χ0n) is 12.7. The third-order valence-corrected chi connectivity index (χ3v) is 2.43. The number of pyridine rings is 1. The molecule has 1 heterocycles. The quantitative estimate of drug-likeness (QED) is 0.890. The molecule has 4 nitrogen and oxygen atoms in total. The Kier molecular flexibility index (Phi) is 4.56. The molecule has 0 spiro atoms. The van der Waals surface area contributed by atoms with E-state index in [-0.39, 0.29) is 5.41 Å². The number of carbonyl (C=O) groups excluding carboxylic acids is 1. The maximum Gasteiger partial charge on any atom is 0.407 e. The van der Waals surface area contributed by atoms with Gasteiger partial charge in [0.25, 0.3) is 0 Å². The number of ether oxygens (including phenoxy) is 1. The molecule has 0 fully saturated rings. The van der Waals surface area contributed by atoms with Crippen LogP contribution in [0, 0.1) is 0 Å². The van der Waals surface area contributed by atoms with E-state index in [0.29, 0.717) is 6.54 Å². The van der Waals surface area contributed by atoms with Crippen molar-refractivity contribution < 1.29 is 9.53 Å². The van der Waals surface area contributed by atoms with Crippen LogP contribution in [-0.2, 0) is 16.7 Å². The lowest BCUT2D eigenvalue weighted by atomic mass is 9.91. The Morgan fingerprint density at radius 1 is 1.26 bits per heavy atom. The molecule has 0 saturated carbocycles. The second-order valence-corrected chi connectivity index (χ2v) is 6.65. The van der Waals surface area contributed by atoms with Gasteiger partial charge < -0.3 is 10.1 Å². The molecule has 4 heteroatoms. The fraction of sp³-hybridized carbons (Fsp3) is 0.600. The number of nitrogens with one attached hydrogen (secondary N) is 1. The largest absolute Gasteiger partial charge is 0.444 e. The van der Waals surface area contributed by atoms with Gasteiger partial charge in [-0.15, -0.1) is 0 Å². The van der Waals surface area contributed by atoms with E-state index in [4.69, 9.17) is 4.74 Å². The molecule has 1 rings (SSSR count). The van der Waals surface area contributed by atoms with Crippen LogP contribution in [0.25, 0.3) is 0 Å². The first-order chi connectivity index (χ1) is 8.58. The van der Waals surface area contributed by atoms with Crippen molar-refractivity contribution in [2.75, 3.05) is 0 Å². The molecule has 0 aromatic carbocycles. The second kappa shape index (κ2) is 5.59. The van der Waals surface area contributed by atoms with Gasteiger partial charge in [-0.25, -0.2) is 4.79 Å². The summed E-state index contributed by atoms with van der Waals surface area (Å²) in [6.45, 7) is 12.3. The third kappa shape index (κ3) is 5.73. The van der Waals surface area contributed by atoms with Crippen LogP contribution in [0.3, 0.4) is 0 Å². The lowest BCUT2D eigenvalue weighted by Gasteiger charge is -2.20. The molecule has 1 aromatic heterocycles.